The molecule has 156 valence electrons. The first-order valence-electron chi connectivity index (χ1n) is 9.98. The number of amides is 1. The Hall–Kier alpha value is -4.10. The van der Waals surface area contributed by atoms with Crippen molar-refractivity contribution in [3.63, 3.8) is 0 Å². The van der Waals surface area contributed by atoms with Crippen LogP contribution in [0.3, 0.4) is 0 Å². The van der Waals surface area contributed by atoms with Crippen molar-refractivity contribution in [3.05, 3.63) is 69.3 Å². The Labute approximate surface area is 179 Å². The van der Waals surface area contributed by atoms with Gasteiger partial charge in [0.1, 0.15) is 5.69 Å². The van der Waals surface area contributed by atoms with Crippen LogP contribution in [0.5, 0.6) is 0 Å². The second-order valence-electron chi connectivity index (χ2n) is 6.93. The Morgan fingerprint density at radius 3 is 2.45 bits per heavy atom. The molecule has 0 unspecified atom stereocenters. The normalized spacial score (nSPS) is 10.5. The second kappa shape index (κ2) is 9.15. The summed E-state index contributed by atoms with van der Waals surface area (Å²) < 4.78 is 2.60. The highest BCUT2D eigenvalue weighted by atomic mass is 16.2. The Morgan fingerprint density at radius 2 is 1.87 bits per heavy atom. The molecule has 7 nitrogen and oxygen atoms in total. The quantitative estimate of drug-likeness (QED) is 0.475. The number of aryl methyl sites for hydroxylation is 2. The molecular formula is C24H22N4O3. The molecule has 0 saturated carbocycles. The summed E-state index contributed by atoms with van der Waals surface area (Å²) in [5.41, 5.74) is 1.64. The number of carbonyl (C=O) groups is 2. The van der Waals surface area contributed by atoms with Gasteiger partial charge in [0.2, 0.25) is 0 Å². The Bertz CT molecular complexity index is 1300. The number of nitrogens with one attached hydrogen (secondary N) is 1. The molecule has 2 heterocycles. The zero-order valence-corrected chi connectivity index (χ0v) is 17.4. The molecule has 1 amide bonds. The summed E-state index contributed by atoms with van der Waals surface area (Å²) in [4.78, 5) is 39.0. The summed E-state index contributed by atoms with van der Waals surface area (Å²) in [6.07, 6.45) is 8.06. The van der Waals surface area contributed by atoms with Crippen molar-refractivity contribution in [2.75, 3.05) is 6.54 Å². The van der Waals surface area contributed by atoms with Gasteiger partial charge >= 0.3 is 0 Å². The van der Waals surface area contributed by atoms with E-state index < -0.39 is 11.5 Å². The third-order valence-corrected chi connectivity index (χ3v) is 5.20. The number of nitriles is 1. The molecule has 7 heteroatoms. The largest absolute Gasteiger partial charge is 0.340 e. The zero-order chi connectivity index (χ0) is 22.5. The molecule has 31 heavy (non-hydrogen) atoms. The number of carbonyl (C=O) groups excluding carboxylic acids is 2. The van der Waals surface area contributed by atoms with Crippen LogP contribution in [0.2, 0.25) is 0 Å². The van der Waals surface area contributed by atoms with Crippen molar-refractivity contribution in [2.45, 2.75) is 33.2 Å². The first-order valence-corrected chi connectivity index (χ1v) is 9.98. The first-order chi connectivity index (χ1) is 15.0. The maximum Gasteiger partial charge on any atom is 0.270 e. The van der Waals surface area contributed by atoms with E-state index in [1.54, 1.807) is 37.3 Å². The van der Waals surface area contributed by atoms with Crippen molar-refractivity contribution in [3.8, 4) is 18.5 Å². The molecule has 0 aliphatic rings. The van der Waals surface area contributed by atoms with Crippen LogP contribution in [0.15, 0.2) is 41.2 Å². The molecule has 0 fully saturated rings. The summed E-state index contributed by atoms with van der Waals surface area (Å²) in [5, 5.41) is 12.6. The van der Waals surface area contributed by atoms with Gasteiger partial charge in [-0.3, -0.25) is 14.4 Å². The minimum absolute atomic E-state index is 0.00492. The number of hydrogen-bond donors (Lipinski definition) is 1. The fourth-order valence-corrected chi connectivity index (χ4v) is 3.74. The number of fused-ring (bicyclic) bond motifs is 1. The van der Waals surface area contributed by atoms with Crippen molar-refractivity contribution in [2.24, 2.45) is 0 Å². The number of ketones is 1. The monoisotopic (exact) mass is 414 g/mol. The van der Waals surface area contributed by atoms with Gasteiger partial charge in [-0.25, -0.2) is 4.57 Å². The van der Waals surface area contributed by atoms with E-state index in [1.807, 2.05) is 19.2 Å². The fourth-order valence-electron chi connectivity index (χ4n) is 3.74. The van der Waals surface area contributed by atoms with Gasteiger partial charge in [0.15, 0.2) is 12.0 Å². The van der Waals surface area contributed by atoms with Crippen LogP contribution in [-0.4, -0.2) is 27.4 Å². The lowest BCUT2D eigenvalue weighted by Gasteiger charge is -2.12. The molecule has 0 atom stereocenters. The molecule has 1 N–H and O–H groups in total. The van der Waals surface area contributed by atoms with Crippen LogP contribution in [-0.2, 0) is 19.4 Å². The summed E-state index contributed by atoms with van der Waals surface area (Å²) in [7, 11) is 0. The lowest BCUT2D eigenvalue weighted by atomic mass is 10.1. The topological polar surface area (TPSA) is 96.9 Å². The van der Waals surface area contributed by atoms with Crippen LogP contribution in [0.25, 0.3) is 10.9 Å². The van der Waals surface area contributed by atoms with Crippen molar-refractivity contribution < 1.29 is 9.59 Å². The van der Waals surface area contributed by atoms with E-state index >= 15 is 0 Å². The molecule has 2 aromatic heterocycles. The highest BCUT2D eigenvalue weighted by molar-refractivity contribution is 6.02. The van der Waals surface area contributed by atoms with Gasteiger partial charge in [-0.15, -0.1) is 6.42 Å². The highest BCUT2D eigenvalue weighted by Gasteiger charge is 2.26. The molecule has 0 spiro atoms. The van der Waals surface area contributed by atoms with Crippen LogP contribution >= 0.6 is 0 Å². The summed E-state index contributed by atoms with van der Waals surface area (Å²) in [6, 6.07) is 10.5. The van der Waals surface area contributed by atoms with Crippen molar-refractivity contribution in [1.82, 2.24) is 14.5 Å². The number of benzene rings is 1. The van der Waals surface area contributed by atoms with Gasteiger partial charge in [0.05, 0.1) is 24.0 Å². The third kappa shape index (κ3) is 3.86. The number of hydrogen-bond acceptors (Lipinski definition) is 4. The van der Waals surface area contributed by atoms with Crippen molar-refractivity contribution >= 4 is 22.6 Å². The average molecular weight is 414 g/mol. The maximum absolute atomic E-state index is 13.5. The zero-order valence-electron chi connectivity index (χ0n) is 17.4. The fraction of sp³-hybridized carbons (Fsp3) is 0.250. The summed E-state index contributed by atoms with van der Waals surface area (Å²) >= 11 is 0. The van der Waals surface area contributed by atoms with Gasteiger partial charge in [-0.2, -0.15) is 5.26 Å². The maximum atomic E-state index is 13.5. The van der Waals surface area contributed by atoms with E-state index in [9.17, 15) is 19.6 Å². The number of aromatic nitrogens is 2. The molecule has 1 aromatic carbocycles. The smallest absolute Gasteiger partial charge is 0.270 e. The average Bonchev–Trinajstić information content (AvgIpc) is 3.13. The molecule has 0 aliphatic carbocycles. The van der Waals surface area contributed by atoms with Gasteiger partial charge in [-0.05, 0) is 24.5 Å². The van der Waals surface area contributed by atoms with E-state index in [-0.39, 0.29) is 30.0 Å². The number of rotatable bonds is 7. The lowest BCUT2D eigenvalue weighted by Crippen LogP contribution is -2.28. The molecular weight excluding hydrogens is 392 g/mol. The van der Waals surface area contributed by atoms with Gasteiger partial charge in [-0.1, -0.05) is 50.1 Å². The summed E-state index contributed by atoms with van der Waals surface area (Å²) in [6.45, 7) is 3.55. The number of terminal acetylenes is 1. The Balaban J connectivity index is 2.25. The number of pyridine rings is 1. The van der Waals surface area contributed by atoms with E-state index in [0.29, 0.717) is 35.2 Å². The first kappa shape index (κ1) is 21.6. The predicted octanol–water partition coefficient (Wildman–Crippen LogP) is 2.50. The molecule has 3 aromatic rings. The van der Waals surface area contributed by atoms with E-state index in [4.69, 9.17) is 6.42 Å². The minimum Gasteiger partial charge on any atom is -0.340 e. The van der Waals surface area contributed by atoms with Crippen LogP contribution in [0, 0.1) is 23.8 Å². The number of nitrogens with zero attached hydrogens (tertiary/aromatic N) is 3. The molecule has 0 bridgehead atoms. The van der Waals surface area contributed by atoms with E-state index in [2.05, 4.69) is 11.2 Å². The number of Topliss-reactive ketones (excluding diaryl/α,β-unsaturated/α-hetero) is 1. The van der Waals surface area contributed by atoms with Gasteiger partial charge < -0.3 is 9.88 Å². The predicted molar refractivity (Wildman–Crippen MR) is 118 cm³/mol. The van der Waals surface area contributed by atoms with Crippen LogP contribution < -0.4 is 10.9 Å². The molecule has 3 rings (SSSR count). The minimum atomic E-state index is -0.517. The molecule has 0 aliphatic heterocycles. The van der Waals surface area contributed by atoms with Crippen LogP contribution in [0.1, 0.15) is 46.0 Å². The Morgan fingerprint density at radius 1 is 1.16 bits per heavy atom. The summed E-state index contributed by atoms with van der Waals surface area (Å²) in [5.74, 6) is 1.62. The standard InChI is InChI=1S/C24H22N4O3/c1-4-12-26-23(30)22-18(6-3)21-19(28(22)15-25)13-17(5-2)27(24(21)31)14-20(29)16-10-8-7-9-11-16/h1,7-11,13H,5-6,12,14H2,2-3H3,(H,26,30). The second-order valence-corrected chi connectivity index (χ2v) is 6.93. The molecule has 0 saturated heterocycles. The SMILES string of the molecule is C#CCNC(=O)c1c(CC)c2c(=O)n(CC(=O)c3ccccc3)c(CC)cc2n1C#N. The van der Waals surface area contributed by atoms with Crippen LogP contribution in [0.4, 0.5) is 0 Å². The highest BCUT2D eigenvalue weighted by Crippen LogP contribution is 2.25. The third-order valence-electron chi connectivity index (χ3n) is 5.20. The van der Waals surface area contributed by atoms with Gasteiger partial charge in [0, 0.05) is 11.3 Å². The van der Waals surface area contributed by atoms with Crippen molar-refractivity contribution in [1.29, 1.82) is 5.26 Å². The van der Waals surface area contributed by atoms with E-state index in [0.717, 1.165) is 0 Å². The van der Waals surface area contributed by atoms with Gasteiger partial charge in [0.25, 0.3) is 11.5 Å². The lowest BCUT2D eigenvalue weighted by molar-refractivity contribution is 0.0948. The Kier molecular flexibility index (Phi) is 6.37. The van der Waals surface area contributed by atoms with E-state index in [1.165, 1.54) is 9.13 Å². The molecule has 0 radical (unpaired) electrons.